The van der Waals surface area contributed by atoms with E-state index in [0.717, 1.165) is 37.2 Å². The van der Waals surface area contributed by atoms with E-state index in [1.165, 1.54) is 0 Å². The summed E-state index contributed by atoms with van der Waals surface area (Å²) in [4.78, 5) is 16.4. The number of ether oxygens (including phenoxy) is 2. The van der Waals surface area contributed by atoms with Crippen molar-refractivity contribution >= 4 is 17.5 Å². The summed E-state index contributed by atoms with van der Waals surface area (Å²) >= 11 is 5.86. The molecule has 3 rings (SSSR count). The molecule has 1 aliphatic rings. The number of carbonyl (C=O) groups excluding carboxylic acids is 1. The molecule has 138 valence electrons. The Morgan fingerprint density at radius 1 is 1.12 bits per heavy atom. The molecule has 1 amide bonds. The van der Waals surface area contributed by atoms with Gasteiger partial charge in [-0.1, -0.05) is 29.8 Å². The maximum absolute atomic E-state index is 12.2. The summed E-state index contributed by atoms with van der Waals surface area (Å²) in [7, 11) is 0. The van der Waals surface area contributed by atoms with E-state index < -0.39 is 0 Å². The van der Waals surface area contributed by atoms with Gasteiger partial charge in [0, 0.05) is 31.0 Å². The molecule has 6 heteroatoms. The van der Waals surface area contributed by atoms with Crippen LogP contribution in [-0.2, 0) is 22.7 Å². The van der Waals surface area contributed by atoms with E-state index in [0.29, 0.717) is 36.4 Å². The van der Waals surface area contributed by atoms with Crippen LogP contribution in [0.15, 0.2) is 42.6 Å². The number of pyridine rings is 1. The third-order valence-electron chi connectivity index (χ3n) is 4.40. The van der Waals surface area contributed by atoms with Gasteiger partial charge in [-0.25, -0.2) is 0 Å². The van der Waals surface area contributed by atoms with Gasteiger partial charge in [-0.05, 0) is 48.1 Å². The van der Waals surface area contributed by atoms with Gasteiger partial charge in [-0.15, -0.1) is 0 Å². The van der Waals surface area contributed by atoms with E-state index in [4.69, 9.17) is 21.1 Å². The van der Waals surface area contributed by atoms with E-state index in [2.05, 4.69) is 10.3 Å². The summed E-state index contributed by atoms with van der Waals surface area (Å²) in [6.45, 7) is 3.19. The summed E-state index contributed by atoms with van der Waals surface area (Å²) < 4.78 is 11.0. The number of hydrogen-bond donors (Lipinski definition) is 1. The molecule has 0 aliphatic carbocycles. The zero-order chi connectivity index (χ0) is 18.2. The topological polar surface area (TPSA) is 60.5 Å². The fourth-order valence-electron chi connectivity index (χ4n) is 2.79. The Kier molecular flexibility index (Phi) is 7.00. The van der Waals surface area contributed by atoms with Crippen LogP contribution in [0.4, 0.5) is 0 Å². The van der Waals surface area contributed by atoms with Crippen molar-refractivity contribution in [3.8, 4) is 0 Å². The number of nitrogens with one attached hydrogen (secondary N) is 1. The smallest absolute Gasteiger partial charge is 0.269 e. The molecule has 0 spiro atoms. The van der Waals surface area contributed by atoms with Crippen LogP contribution in [0.3, 0.4) is 0 Å². The first kappa shape index (κ1) is 18.8. The highest BCUT2D eigenvalue weighted by molar-refractivity contribution is 6.30. The summed E-state index contributed by atoms with van der Waals surface area (Å²) in [5.74, 6) is 0.360. The second-order valence-electron chi connectivity index (χ2n) is 6.44. The van der Waals surface area contributed by atoms with Crippen LogP contribution in [-0.4, -0.2) is 30.6 Å². The summed E-state index contributed by atoms with van der Waals surface area (Å²) in [6, 6.07) is 11.2. The number of nitrogens with zero attached hydrogens (tertiary/aromatic N) is 1. The second kappa shape index (κ2) is 9.67. The number of aromatic nitrogens is 1. The van der Waals surface area contributed by atoms with Crippen molar-refractivity contribution < 1.29 is 14.3 Å². The van der Waals surface area contributed by atoms with Crippen molar-refractivity contribution in [2.45, 2.75) is 26.1 Å². The Balaban J connectivity index is 1.42. The van der Waals surface area contributed by atoms with Crippen LogP contribution < -0.4 is 5.32 Å². The molecule has 2 heterocycles. The minimum atomic E-state index is -0.134. The summed E-state index contributed by atoms with van der Waals surface area (Å²) in [5, 5.41) is 3.67. The lowest BCUT2D eigenvalue weighted by Crippen LogP contribution is -2.32. The van der Waals surface area contributed by atoms with Gasteiger partial charge >= 0.3 is 0 Å². The van der Waals surface area contributed by atoms with Crippen LogP contribution in [0.1, 0.15) is 34.5 Å². The van der Waals surface area contributed by atoms with Crippen LogP contribution in [0.2, 0.25) is 5.02 Å². The lowest BCUT2D eigenvalue weighted by atomic mass is 10.0. The largest absolute Gasteiger partial charge is 0.381 e. The van der Waals surface area contributed by atoms with Crippen molar-refractivity contribution in [1.82, 2.24) is 10.3 Å². The molecule has 1 N–H and O–H groups in total. The van der Waals surface area contributed by atoms with Crippen molar-refractivity contribution in [3.05, 3.63) is 64.4 Å². The SMILES string of the molecule is O=C(NCC1CCOCC1)c1ccc(COCc2ccc(Cl)cc2)cn1. The highest BCUT2D eigenvalue weighted by Gasteiger charge is 2.15. The number of rotatable bonds is 7. The van der Waals surface area contributed by atoms with Gasteiger partial charge in [0.15, 0.2) is 0 Å². The highest BCUT2D eigenvalue weighted by atomic mass is 35.5. The van der Waals surface area contributed by atoms with Gasteiger partial charge in [-0.2, -0.15) is 0 Å². The summed E-state index contributed by atoms with van der Waals surface area (Å²) in [6.07, 6.45) is 3.68. The minimum absolute atomic E-state index is 0.134. The molecule has 5 nitrogen and oxygen atoms in total. The van der Waals surface area contributed by atoms with E-state index in [1.54, 1.807) is 12.3 Å². The first-order chi connectivity index (χ1) is 12.7. The van der Waals surface area contributed by atoms with Gasteiger partial charge in [0.1, 0.15) is 5.69 Å². The molecule has 0 atom stereocenters. The molecule has 0 bridgehead atoms. The molecule has 1 fully saturated rings. The number of benzene rings is 1. The Bertz CT molecular complexity index is 698. The quantitative estimate of drug-likeness (QED) is 0.804. The second-order valence-corrected chi connectivity index (χ2v) is 6.87. The molecular formula is C20H23ClN2O3. The maximum atomic E-state index is 12.2. The standard InChI is InChI=1S/C20H23ClN2O3/c21-18-4-1-16(2-5-18)13-26-14-17-3-6-19(22-12-17)20(24)23-11-15-7-9-25-10-8-15/h1-6,12,15H,7-11,13-14H2,(H,23,24). The predicted molar refractivity (Wildman–Crippen MR) is 100 cm³/mol. The first-order valence-electron chi connectivity index (χ1n) is 8.84. The molecule has 0 radical (unpaired) electrons. The number of carbonyl (C=O) groups is 1. The predicted octanol–water partition coefficient (Wildman–Crippen LogP) is 3.61. The molecule has 1 aromatic carbocycles. The molecule has 1 saturated heterocycles. The van der Waals surface area contributed by atoms with Crippen molar-refractivity contribution in [2.75, 3.05) is 19.8 Å². The Morgan fingerprint density at radius 3 is 2.50 bits per heavy atom. The number of halogens is 1. The number of amides is 1. The van der Waals surface area contributed by atoms with Crippen LogP contribution >= 0.6 is 11.6 Å². The highest BCUT2D eigenvalue weighted by Crippen LogP contribution is 2.14. The molecule has 1 aromatic heterocycles. The molecule has 1 aliphatic heterocycles. The molecule has 26 heavy (non-hydrogen) atoms. The lowest BCUT2D eigenvalue weighted by Gasteiger charge is -2.22. The number of hydrogen-bond acceptors (Lipinski definition) is 4. The average Bonchev–Trinajstić information content (AvgIpc) is 2.69. The zero-order valence-electron chi connectivity index (χ0n) is 14.6. The van der Waals surface area contributed by atoms with Gasteiger partial charge in [0.05, 0.1) is 13.2 Å². The van der Waals surface area contributed by atoms with Crippen LogP contribution in [0.5, 0.6) is 0 Å². The fraction of sp³-hybridized carbons (Fsp3) is 0.400. The monoisotopic (exact) mass is 374 g/mol. The summed E-state index contributed by atoms with van der Waals surface area (Å²) in [5.41, 5.74) is 2.42. The third kappa shape index (κ3) is 5.80. The van der Waals surface area contributed by atoms with Crippen molar-refractivity contribution in [3.63, 3.8) is 0 Å². The van der Waals surface area contributed by atoms with Gasteiger partial charge in [-0.3, -0.25) is 9.78 Å². The van der Waals surface area contributed by atoms with Gasteiger partial charge in [0.2, 0.25) is 0 Å². The molecule has 0 unspecified atom stereocenters. The van der Waals surface area contributed by atoms with Gasteiger partial charge in [0.25, 0.3) is 5.91 Å². The van der Waals surface area contributed by atoms with Crippen molar-refractivity contribution in [2.24, 2.45) is 5.92 Å². The fourth-order valence-corrected chi connectivity index (χ4v) is 2.92. The lowest BCUT2D eigenvalue weighted by molar-refractivity contribution is 0.0642. The van der Waals surface area contributed by atoms with Gasteiger partial charge < -0.3 is 14.8 Å². The Morgan fingerprint density at radius 2 is 1.81 bits per heavy atom. The first-order valence-corrected chi connectivity index (χ1v) is 9.21. The van der Waals surface area contributed by atoms with Crippen LogP contribution in [0.25, 0.3) is 0 Å². The minimum Gasteiger partial charge on any atom is -0.381 e. The molecular weight excluding hydrogens is 352 g/mol. The Labute approximate surface area is 158 Å². The van der Waals surface area contributed by atoms with E-state index in [9.17, 15) is 4.79 Å². The Hall–Kier alpha value is -1.95. The zero-order valence-corrected chi connectivity index (χ0v) is 15.4. The third-order valence-corrected chi connectivity index (χ3v) is 4.65. The van der Waals surface area contributed by atoms with E-state index in [-0.39, 0.29) is 5.91 Å². The van der Waals surface area contributed by atoms with E-state index in [1.807, 2.05) is 30.3 Å². The van der Waals surface area contributed by atoms with E-state index >= 15 is 0 Å². The normalized spacial score (nSPS) is 15.0. The van der Waals surface area contributed by atoms with Crippen molar-refractivity contribution in [1.29, 1.82) is 0 Å². The molecule has 0 saturated carbocycles. The molecule has 2 aromatic rings. The van der Waals surface area contributed by atoms with Crippen LogP contribution in [0, 0.1) is 5.92 Å². The maximum Gasteiger partial charge on any atom is 0.269 e. The average molecular weight is 375 g/mol.